The van der Waals surface area contributed by atoms with Crippen molar-refractivity contribution >= 4 is 11.9 Å². The van der Waals surface area contributed by atoms with E-state index in [1.165, 1.54) is 29.7 Å². The molecule has 0 saturated heterocycles. The van der Waals surface area contributed by atoms with Crippen molar-refractivity contribution in [1.82, 2.24) is 4.72 Å². The zero-order valence-corrected chi connectivity index (χ0v) is 11.4. The molecular formula is C14H23NS. The number of benzene rings is 1. The van der Waals surface area contributed by atoms with Gasteiger partial charge in [-0.25, -0.2) is 0 Å². The summed E-state index contributed by atoms with van der Waals surface area (Å²) in [6.07, 6.45) is 3.77. The SMILES string of the molecule is CCCCc1ccc(SNCC(C)C)cc1. The maximum atomic E-state index is 3.38. The zero-order chi connectivity index (χ0) is 11.8. The first-order valence-electron chi connectivity index (χ1n) is 6.21. The first kappa shape index (κ1) is 13.6. The van der Waals surface area contributed by atoms with Crippen molar-refractivity contribution in [2.24, 2.45) is 5.92 Å². The molecular weight excluding hydrogens is 214 g/mol. The van der Waals surface area contributed by atoms with Crippen LogP contribution in [0.3, 0.4) is 0 Å². The van der Waals surface area contributed by atoms with Crippen molar-refractivity contribution in [1.29, 1.82) is 0 Å². The van der Waals surface area contributed by atoms with E-state index in [1.807, 2.05) is 0 Å². The van der Waals surface area contributed by atoms with E-state index in [-0.39, 0.29) is 0 Å². The van der Waals surface area contributed by atoms with Gasteiger partial charge in [0.15, 0.2) is 0 Å². The number of aryl methyl sites for hydroxylation is 1. The van der Waals surface area contributed by atoms with Crippen LogP contribution in [0.25, 0.3) is 0 Å². The van der Waals surface area contributed by atoms with Gasteiger partial charge in [-0.2, -0.15) is 0 Å². The lowest BCUT2D eigenvalue weighted by molar-refractivity contribution is 0.640. The van der Waals surface area contributed by atoms with Crippen LogP contribution in [0.15, 0.2) is 29.2 Å². The van der Waals surface area contributed by atoms with Gasteiger partial charge in [-0.1, -0.05) is 39.3 Å². The van der Waals surface area contributed by atoms with Gasteiger partial charge < -0.3 is 0 Å². The third-order valence-corrected chi connectivity index (χ3v) is 3.24. The molecule has 1 nitrogen and oxygen atoms in total. The van der Waals surface area contributed by atoms with Gasteiger partial charge in [-0.05, 0) is 48.4 Å². The fourth-order valence-corrected chi connectivity index (χ4v) is 2.25. The second kappa shape index (κ2) is 7.75. The predicted octanol–water partition coefficient (Wildman–Crippen LogP) is 4.28. The summed E-state index contributed by atoms with van der Waals surface area (Å²) >= 11 is 1.73. The minimum absolute atomic E-state index is 0.705. The van der Waals surface area contributed by atoms with E-state index in [4.69, 9.17) is 0 Å². The fraction of sp³-hybridized carbons (Fsp3) is 0.571. The van der Waals surface area contributed by atoms with E-state index < -0.39 is 0 Å². The van der Waals surface area contributed by atoms with Gasteiger partial charge in [0.1, 0.15) is 0 Å². The molecule has 0 amide bonds. The quantitative estimate of drug-likeness (QED) is 0.710. The van der Waals surface area contributed by atoms with Gasteiger partial charge in [-0.3, -0.25) is 4.72 Å². The van der Waals surface area contributed by atoms with Crippen molar-refractivity contribution in [2.45, 2.75) is 44.9 Å². The standard InChI is InChI=1S/C14H23NS/c1-4-5-6-13-7-9-14(10-8-13)16-15-11-12(2)3/h7-10,12,15H,4-6,11H2,1-3H3. The summed E-state index contributed by atoms with van der Waals surface area (Å²) in [5, 5.41) is 0. The molecule has 1 aromatic rings. The monoisotopic (exact) mass is 237 g/mol. The molecule has 0 heterocycles. The first-order valence-corrected chi connectivity index (χ1v) is 7.02. The molecule has 0 unspecified atom stereocenters. The highest BCUT2D eigenvalue weighted by atomic mass is 32.2. The molecule has 0 spiro atoms. The molecule has 16 heavy (non-hydrogen) atoms. The topological polar surface area (TPSA) is 12.0 Å². The van der Waals surface area contributed by atoms with Crippen molar-refractivity contribution in [3.63, 3.8) is 0 Å². The van der Waals surface area contributed by atoms with Crippen LogP contribution < -0.4 is 4.72 Å². The molecule has 0 aromatic heterocycles. The largest absolute Gasteiger partial charge is 0.260 e. The second-order valence-electron chi connectivity index (χ2n) is 4.59. The Morgan fingerprint density at radius 1 is 1.19 bits per heavy atom. The Labute approximate surface area is 104 Å². The summed E-state index contributed by atoms with van der Waals surface area (Å²) in [6, 6.07) is 8.91. The Hall–Kier alpha value is -0.470. The minimum atomic E-state index is 0.705. The maximum Gasteiger partial charge on any atom is 0.0228 e. The summed E-state index contributed by atoms with van der Waals surface area (Å²) in [6.45, 7) is 7.74. The van der Waals surface area contributed by atoms with E-state index >= 15 is 0 Å². The number of nitrogens with one attached hydrogen (secondary N) is 1. The summed E-state index contributed by atoms with van der Waals surface area (Å²) in [5.74, 6) is 0.705. The molecule has 1 rings (SSSR count). The molecule has 0 aliphatic carbocycles. The number of hydrogen-bond donors (Lipinski definition) is 1. The minimum Gasteiger partial charge on any atom is -0.260 e. The Morgan fingerprint density at radius 3 is 2.44 bits per heavy atom. The normalized spacial score (nSPS) is 11.0. The van der Waals surface area contributed by atoms with Crippen LogP contribution >= 0.6 is 11.9 Å². The summed E-state index contributed by atoms with van der Waals surface area (Å²) in [4.78, 5) is 1.31. The molecule has 0 radical (unpaired) electrons. The van der Waals surface area contributed by atoms with Crippen molar-refractivity contribution in [3.05, 3.63) is 29.8 Å². The van der Waals surface area contributed by atoms with Crippen LogP contribution in [0, 0.1) is 5.92 Å². The Morgan fingerprint density at radius 2 is 1.88 bits per heavy atom. The van der Waals surface area contributed by atoms with Gasteiger partial charge in [0.25, 0.3) is 0 Å². The van der Waals surface area contributed by atoms with E-state index in [2.05, 4.69) is 49.8 Å². The molecule has 0 atom stereocenters. The van der Waals surface area contributed by atoms with Crippen molar-refractivity contribution < 1.29 is 0 Å². The highest BCUT2D eigenvalue weighted by Gasteiger charge is 1.97. The van der Waals surface area contributed by atoms with Crippen LogP contribution in [-0.4, -0.2) is 6.54 Å². The van der Waals surface area contributed by atoms with Crippen molar-refractivity contribution in [2.75, 3.05) is 6.54 Å². The molecule has 0 aliphatic heterocycles. The fourth-order valence-electron chi connectivity index (χ4n) is 1.40. The molecule has 0 saturated carbocycles. The lowest BCUT2D eigenvalue weighted by Crippen LogP contribution is -2.11. The predicted molar refractivity (Wildman–Crippen MR) is 73.8 cm³/mol. The molecule has 2 heteroatoms. The summed E-state index contributed by atoms with van der Waals surface area (Å²) in [5.41, 5.74) is 1.45. The summed E-state index contributed by atoms with van der Waals surface area (Å²) in [7, 11) is 0. The average molecular weight is 237 g/mol. The van der Waals surface area contributed by atoms with Crippen LogP contribution in [0.5, 0.6) is 0 Å². The number of rotatable bonds is 7. The van der Waals surface area contributed by atoms with E-state index in [0.717, 1.165) is 6.54 Å². The molecule has 0 aliphatic rings. The van der Waals surface area contributed by atoms with Gasteiger partial charge >= 0.3 is 0 Å². The second-order valence-corrected chi connectivity index (χ2v) is 5.56. The van der Waals surface area contributed by atoms with Gasteiger partial charge in [0.05, 0.1) is 0 Å². The summed E-state index contributed by atoms with van der Waals surface area (Å²) < 4.78 is 3.38. The highest BCUT2D eigenvalue weighted by Crippen LogP contribution is 2.16. The van der Waals surface area contributed by atoms with E-state index in [0.29, 0.717) is 5.92 Å². The van der Waals surface area contributed by atoms with Crippen molar-refractivity contribution in [3.8, 4) is 0 Å². The maximum absolute atomic E-state index is 3.38. The molecule has 1 aromatic carbocycles. The Bertz CT molecular complexity index is 279. The highest BCUT2D eigenvalue weighted by molar-refractivity contribution is 7.97. The van der Waals surface area contributed by atoms with Crippen LogP contribution in [0.1, 0.15) is 39.2 Å². The zero-order valence-electron chi connectivity index (χ0n) is 10.6. The molecule has 0 bridgehead atoms. The van der Waals surface area contributed by atoms with Gasteiger partial charge in [-0.15, -0.1) is 0 Å². The third kappa shape index (κ3) is 5.57. The van der Waals surface area contributed by atoms with Crippen LogP contribution in [-0.2, 0) is 6.42 Å². The van der Waals surface area contributed by atoms with Crippen LogP contribution in [0.4, 0.5) is 0 Å². The third-order valence-electron chi connectivity index (χ3n) is 2.42. The first-order chi connectivity index (χ1) is 7.72. The molecule has 0 fully saturated rings. The average Bonchev–Trinajstić information content (AvgIpc) is 2.27. The van der Waals surface area contributed by atoms with Gasteiger partial charge in [0.2, 0.25) is 0 Å². The Kier molecular flexibility index (Phi) is 6.58. The van der Waals surface area contributed by atoms with Crippen LogP contribution in [0.2, 0.25) is 0 Å². The lowest BCUT2D eigenvalue weighted by Gasteiger charge is -2.07. The Balaban J connectivity index is 2.33. The number of hydrogen-bond acceptors (Lipinski definition) is 2. The number of unbranched alkanes of at least 4 members (excludes halogenated alkanes) is 1. The van der Waals surface area contributed by atoms with E-state index in [1.54, 1.807) is 11.9 Å². The molecule has 1 N–H and O–H groups in total. The van der Waals surface area contributed by atoms with E-state index in [9.17, 15) is 0 Å². The lowest BCUT2D eigenvalue weighted by atomic mass is 10.1. The van der Waals surface area contributed by atoms with Gasteiger partial charge in [0, 0.05) is 11.4 Å². The smallest absolute Gasteiger partial charge is 0.0228 e. The molecule has 90 valence electrons.